The van der Waals surface area contributed by atoms with Crippen molar-refractivity contribution < 1.29 is 14.3 Å². The molecule has 4 nitrogen and oxygen atoms in total. The van der Waals surface area contributed by atoms with E-state index in [1.54, 1.807) is 0 Å². The van der Waals surface area contributed by atoms with E-state index in [1.807, 2.05) is 20.8 Å². The summed E-state index contributed by atoms with van der Waals surface area (Å²) >= 11 is 0. The Bertz CT molecular complexity index is 210. The molecule has 0 bridgehead atoms. The Hall–Kier alpha value is -1.15. The van der Waals surface area contributed by atoms with Crippen LogP contribution in [0.1, 0.15) is 33.6 Å². The second-order valence-electron chi connectivity index (χ2n) is 4.20. The Morgan fingerprint density at radius 3 is 2.29 bits per heavy atom. The fraction of sp³-hybridized carbons (Fsp3) is 0.800. The number of isocyanates is 1. The van der Waals surface area contributed by atoms with E-state index in [2.05, 4.69) is 9.73 Å². The minimum atomic E-state index is -0.318. The first-order chi connectivity index (χ1) is 6.49. The highest BCUT2D eigenvalue weighted by Gasteiger charge is 2.19. The summed E-state index contributed by atoms with van der Waals surface area (Å²) in [6.45, 7) is 6.63. The van der Waals surface area contributed by atoms with Crippen LogP contribution in [-0.4, -0.2) is 24.7 Å². The molecule has 80 valence electrons. The molecule has 1 rings (SSSR count). The van der Waals surface area contributed by atoms with Crippen LogP contribution in [0.2, 0.25) is 0 Å². The van der Waals surface area contributed by atoms with Gasteiger partial charge in [-0.3, -0.25) is 4.79 Å². The van der Waals surface area contributed by atoms with Crippen molar-refractivity contribution in [3.8, 4) is 0 Å². The summed E-state index contributed by atoms with van der Waals surface area (Å²) in [6, 6.07) is 0. The Morgan fingerprint density at radius 1 is 1.50 bits per heavy atom. The largest absolute Gasteiger partial charge is 0.462 e. The van der Waals surface area contributed by atoms with Crippen LogP contribution in [0.5, 0.6) is 0 Å². The first kappa shape index (κ1) is 12.8. The van der Waals surface area contributed by atoms with Gasteiger partial charge in [-0.05, 0) is 39.5 Å². The Balaban J connectivity index is 0.000000241. The molecule has 0 N–H and O–H groups in total. The molecule has 14 heavy (non-hydrogen) atoms. The SMILES string of the molecule is CC(C)(C)OC=O.O=C=NCC1CC1. The summed E-state index contributed by atoms with van der Waals surface area (Å²) < 4.78 is 4.55. The van der Waals surface area contributed by atoms with Gasteiger partial charge >= 0.3 is 0 Å². The van der Waals surface area contributed by atoms with Gasteiger partial charge in [0, 0.05) is 0 Å². The lowest BCUT2D eigenvalue weighted by molar-refractivity contribution is -0.138. The average Bonchev–Trinajstić information content (AvgIpc) is 2.82. The highest BCUT2D eigenvalue weighted by molar-refractivity contribution is 5.37. The van der Waals surface area contributed by atoms with Crippen LogP contribution in [-0.2, 0) is 14.3 Å². The van der Waals surface area contributed by atoms with Gasteiger partial charge in [0.25, 0.3) is 6.47 Å². The van der Waals surface area contributed by atoms with Gasteiger partial charge in [0.1, 0.15) is 5.60 Å². The van der Waals surface area contributed by atoms with E-state index < -0.39 is 0 Å². The van der Waals surface area contributed by atoms with E-state index in [-0.39, 0.29) is 5.60 Å². The summed E-state index contributed by atoms with van der Waals surface area (Å²) in [5.74, 6) is 0.724. The Labute approximate surface area is 84.4 Å². The molecule has 1 saturated carbocycles. The molecule has 0 atom stereocenters. The van der Waals surface area contributed by atoms with Crippen LogP contribution in [0.3, 0.4) is 0 Å². The molecule has 0 aromatic heterocycles. The van der Waals surface area contributed by atoms with E-state index in [1.165, 1.54) is 18.9 Å². The van der Waals surface area contributed by atoms with Gasteiger partial charge in [-0.15, -0.1) is 0 Å². The van der Waals surface area contributed by atoms with Gasteiger partial charge in [0.05, 0.1) is 6.54 Å². The van der Waals surface area contributed by atoms with Crippen molar-refractivity contribution in [3.63, 3.8) is 0 Å². The lowest BCUT2D eigenvalue weighted by atomic mass is 10.2. The van der Waals surface area contributed by atoms with Gasteiger partial charge in [-0.2, -0.15) is 0 Å². The predicted octanol–water partition coefficient (Wildman–Crippen LogP) is 1.69. The highest BCUT2D eigenvalue weighted by atomic mass is 16.5. The van der Waals surface area contributed by atoms with E-state index in [4.69, 9.17) is 0 Å². The third kappa shape index (κ3) is 10.8. The van der Waals surface area contributed by atoms with E-state index in [0.29, 0.717) is 13.0 Å². The first-order valence-corrected chi connectivity index (χ1v) is 4.64. The molecule has 0 unspecified atom stereocenters. The molecule has 0 aliphatic heterocycles. The standard InChI is InChI=1S/C5H7NO.C5H10O2/c7-4-6-3-5-1-2-5;1-5(2,3)7-4-6/h5H,1-3H2;4H,1-3H3. The molecule has 0 spiro atoms. The number of hydrogen-bond acceptors (Lipinski definition) is 4. The fourth-order valence-electron chi connectivity index (χ4n) is 0.611. The number of ether oxygens (including phenoxy) is 1. The lowest BCUT2D eigenvalue weighted by Gasteiger charge is -2.14. The van der Waals surface area contributed by atoms with Gasteiger partial charge in [-0.1, -0.05) is 0 Å². The first-order valence-electron chi connectivity index (χ1n) is 4.64. The Kier molecular flexibility index (Phi) is 5.81. The van der Waals surface area contributed by atoms with Crippen LogP contribution in [0.15, 0.2) is 4.99 Å². The van der Waals surface area contributed by atoms with Crippen LogP contribution < -0.4 is 0 Å². The molecule has 1 aliphatic carbocycles. The van der Waals surface area contributed by atoms with Crippen molar-refractivity contribution in [1.82, 2.24) is 0 Å². The number of aliphatic imine (C=N–C) groups is 1. The smallest absolute Gasteiger partial charge is 0.293 e. The highest BCUT2D eigenvalue weighted by Crippen LogP contribution is 2.28. The van der Waals surface area contributed by atoms with Crippen molar-refractivity contribution in [1.29, 1.82) is 0 Å². The minimum Gasteiger partial charge on any atom is -0.462 e. The number of hydrogen-bond donors (Lipinski definition) is 0. The second kappa shape index (κ2) is 6.33. The molecular formula is C10H17NO3. The molecule has 4 heteroatoms. The predicted molar refractivity (Wildman–Crippen MR) is 52.6 cm³/mol. The maximum absolute atomic E-state index is 9.60. The van der Waals surface area contributed by atoms with Crippen molar-refractivity contribution in [2.24, 2.45) is 10.9 Å². The summed E-state index contributed by atoms with van der Waals surface area (Å²) in [5.41, 5.74) is -0.318. The molecule has 1 fully saturated rings. The molecule has 1 aliphatic rings. The fourth-order valence-corrected chi connectivity index (χ4v) is 0.611. The molecule has 0 saturated heterocycles. The summed E-state index contributed by atoms with van der Waals surface area (Å²) in [7, 11) is 0. The molecule has 0 heterocycles. The van der Waals surface area contributed by atoms with Crippen molar-refractivity contribution in [2.45, 2.75) is 39.2 Å². The van der Waals surface area contributed by atoms with E-state index in [0.717, 1.165) is 5.92 Å². The van der Waals surface area contributed by atoms with Crippen molar-refractivity contribution in [2.75, 3.05) is 6.54 Å². The van der Waals surface area contributed by atoms with E-state index >= 15 is 0 Å². The minimum absolute atomic E-state index is 0.318. The lowest BCUT2D eigenvalue weighted by Crippen LogP contribution is -2.17. The molecule has 0 radical (unpaired) electrons. The number of carbonyl (C=O) groups excluding carboxylic acids is 2. The van der Waals surface area contributed by atoms with Crippen molar-refractivity contribution in [3.05, 3.63) is 0 Å². The van der Waals surface area contributed by atoms with Crippen LogP contribution in [0, 0.1) is 5.92 Å². The molecule has 0 aromatic rings. The van der Waals surface area contributed by atoms with Gasteiger partial charge in [0.15, 0.2) is 0 Å². The van der Waals surface area contributed by atoms with Crippen LogP contribution in [0.25, 0.3) is 0 Å². The number of carbonyl (C=O) groups is 1. The molecule has 0 aromatic carbocycles. The maximum atomic E-state index is 9.60. The van der Waals surface area contributed by atoms with Gasteiger partial charge in [0.2, 0.25) is 6.08 Å². The summed E-state index contributed by atoms with van der Waals surface area (Å²) in [6.07, 6.45) is 4.02. The number of nitrogens with zero attached hydrogens (tertiary/aromatic N) is 1. The third-order valence-corrected chi connectivity index (χ3v) is 1.51. The third-order valence-electron chi connectivity index (χ3n) is 1.51. The normalized spacial score (nSPS) is 14.5. The van der Waals surface area contributed by atoms with Crippen molar-refractivity contribution >= 4 is 12.6 Å². The number of rotatable bonds is 3. The summed E-state index contributed by atoms with van der Waals surface area (Å²) in [4.78, 5) is 22.5. The van der Waals surface area contributed by atoms with Crippen LogP contribution >= 0.6 is 0 Å². The molecular weight excluding hydrogens is 182 g/mol. The Morgan fingerprint density at radius 2 is 2.07 bits per heavy atom. The topological polar surface area (TPSA) is 55.7 Å². The monoisotopic (exact) mass is 199 g/mol. The van der Waals surface area contributed by atoms with Gasteiger partial charge in [-0.25, -0.2) is 9.79 Å². The average molecular weight is 199 g/mol. The zero-order valence-electron chi connectivity index (χ0n) is 8.95. The van der Waals surface area contributed by atoms with Gasteiger partial charge < -0.3 is 4.74 Å². The zero-order valence-corrected chi connectivity index (χ0v) is 8.95. The molecule has 0 amide bonds. The maximum Gasteiger partial charge on any atom is 0.293 e. The summed E-state index contributed by atoms with van der Waals surface area (Å²) in [5, 5.41) is 0. The zero-order chi connectivity index (χ0) is 11.0. The quantitative estimate of drug-likeness (QED) is 0.395. The van der Waals surface area contributed by atoms with Crippen LogP contribution in [0.4, 0.5) is 0 Å². The second-order valence-corrected chi connectivity index (χ2v) is 4.20. The van der Waals surface area contributed by atoms with E-state index in [9.17, 15) is 9.59 Å².